The Kier molecular flexibility index (Phi) is 4.64. The van der Waals surface area contributed by atoms with Gasteiger partial charge in [-0.15, -0.1) is 11.8 Å². The number of hydroxylamine groups is 1. The molecule has 2 N–H and O–H groups in total. The fourth-order valence-electron chi connectivity index (χ4n) is 2.17. The van der Waals surface area contributed by atoms with Gasteiger partial charge >= 0.3 is 0 Å². The van der Waals surface area contributed by atoms with Crippen molar-refractivity contribution in [3.05, 3.63) is 59.7 Å². The number of carbonyl (C=O) groups is 2. The maximum atomic E-state index is 12.1. The number of nitrogens with one attached hydrogen (secondary N) is 2. The van der Waals surface area contributed by atoms with Crippen molar-refractivity contribution in [2.45, 2.75) is 23.7 Å². The molecule has 2 amide bonds. The van der Waals surface area contributed by atoms with Crippen LogP contribution in [0.3, 0.4) is 0 Å². The van der Waals surface area contributed by atoms with Gasteiger partial charge in [-0.25, -0.2) is 5.48 Å². The van der Waals surface area contributed by atoms with Gasteiger partial charge in [-0.05, 0) is 30.7 Å². The molecule has 1 aliphatic rings. The molecule has 0 bridgehead atoms. The van der Waals surface area contributed by atoms with E-state index in [0.29, 0.717) is 17.9 Å². The van der Waals surface area contributed by atoms with Crippen LogP contribution in [0.25, 0.3) is 0 Å². The number of hydrogen-bond acceptors (Lipinski definition) is 4. The quantitative estimate of drug-likeness (QED) is 0.847. The van der Waals surface area contributed by atoms with Gasteiger partial charge in [0.25, 0.3) is 5.91 Å². The average Bonchev–Trinajstić information content (AvgIpc) is 2.56. The third kappa shape index (κ3) is 3.72. The Bertz CT molecular complexity index is 734. The third-order valence-electron chi connectivity index (χ3n) is 3.42. The van der Waals surface area contributed by atoms with Crippen LogP contribution in [0.15, 0.2) is 53.4 Å². The van der Waals surface area contributed by atoms with Crippen LogP contribution in [0.4, 0.5) is 5.69 Å². The molecule has 1 aliphatic heterocycles. The molecule has 0 spiro atoms. The number of anilines is 1. The summed E-state index contributed by atoms with van der Waals surface area (Å²) in [6.45, 7) is 2.14. The predicted molar refractivity (Wildman–Crippen MR) is 89.1 cm³/mol. The van der Waals surface area contributed by atoms with E-state index in [9.17, 15) is 9.59 Å². The normalized spacial score (nSPS) is 16.4. The number of carbonyl (C=O) groups excluding carboxylic acids is 2. The standard InChI is InChI=1S/C17H16N2O3S/c1-11-16(20)18-14-9-13(7-8-15(14)23-11)17(21)19-22-10-12-5-3-2-4-6-12/h2-9,11H,10H2,1H3,(H,18,20)(H,19,21)/t11-/m1/s1. The number of amides is 2. The first-order valence-electron chi connectivity index (χ1n) is 7.21. The van der Waals surface area contributed by atoms with Gasteiger partial charge in [0.15, 0.2) is 0 Å². The summed E-state index contributed by atoms with van der Waals surface area (Å²) in [6.07, 6.45) is 0. The molecule has 3 rings (SSSR count). The molecule has 0 saturated heterocycles. The Hall–Kier alpha value is -2.31. The zero-order valence-electron chi connectivity index (χ0n) is 12.5. The zero-order chi connectivity index (χ0) is 16.2. The summed E-state index contributed by atoms with van der Waals surface area (Å²) in [4.78, 5) is 30.0. The van der Waals surface area contributed by atoms with Crippen LogP contribution in [0.1, 0.15) is 22.8 Å². The molecular formula is C17H16N2O3S. The van der Waals surface area contributed by atoms with Crippen molar-refractivity contribution in [1.29, 1.82) is 0 Å². The first-order chi connectivity index (χ1) is 11.1. The fraction of sp³-hybridized carbons (Fsp3) is 0.176. The minimum Gasteiger partial charge on any atom is -0.324 e. The van der Waals surface area contributed by atoms with Crippen LogP contribution >= 0.6 is 11.8 Å². The minimum atomic E-state index is -0.346. The second kappa shape index (κ2) is 6.85. The Labute approximate surface area is 138 Å². The van der Waals surface area contributed by atoms with E-state index in [4.69, 9.17) is 4.84 Å². The molecule has 23 heavy (non-hydrogen) atoms. The van der Waals surface area contributed by atoms with E-state index in [1.807, 2.05) is 43.3 Å². The molecule has 0 fully saturated rings. The molecule has 118 valence electrons. The van der Waals surface area contributed by atoms with Crippen molar-refractivity contribution in [1.82, 2.24) is 5.48 Å². The molecule has 1 heterocycles. The van der Waals surface area contributed by atoms with E-state index >= 15 is 0 Å². The van der Waals surface area contributed by atoms with Gasteiger partial charge in [-0.2, -0.15) is 0 Å². The monoisotopic (exact) mass is 328 g/mol. The maximum absolute atomic E-state index is 12.1. The SMILES string of the molecule is C[C@H]1Sc2ccc(C(=O)NOCc3ccccc3)cc2NC1=O. The van der Waals surface area contributed by atoms with Crippen LogP contribution in [0.2, 0.25) is 0 Å². The zero-order valence-corrected chi connectivity index (χ0v) is 13.4. The lowest BCUT2D eigenvalue weighted by molar-refractivity contribution is -0.115. The second-order valence-electron chi connectivity index (χ2n) is 5.17. The first-order valence-corrected chi connectivity index (χ1v) is 8.09. The predicted octanol–water partition coefficient (Wildman–Crippen LogP) is 2.98. The van der Waals surface area contributed by atoms with Gasteiger partial charge in [0, 0.05) is 10.5 Å². The van der Waals surface area contributed by atoms with E-state index in [1.165, 1.54) is 11.8 Å². The number of thioether (sulfide) groups is 1. The van der Waals surface area contributed by atoms with Crippen LogP contribution in [-0.4, -0.2) is 17.1 Å². The number of rotatable bonds is 4. The van der Waals surface area contributed by atoms with E-state index < -0.39 is 0 Å². The van der Waals surface area contributed by atoms with Gasteiger partial charge in [0.05, 0.1) is 17.5 Å². The van der Waals surface area contributed by atoms with Gasteiger partial charge in [0.1, 0.15) is 0 Å². The summed E-state index contributed by atoms with van der Waals surface area (Å²) >= 11 is 1.48. The largest absolute Gasteiger partial charge is 0.324 e. The van der Waals surface area contributed by atoms with Crippen molar-refractivity contribution in [2.24, 2.45) is 0 Å². The highest BCUT2D eigenvalue weighted by molar-refractivity contribution is 8.00. The van der Waals surface area contributed by atoms with Gasteiger partial charge < -0.3 is 5.32 Å². The topological polar surface area (TPSA) is 67.4 Å². The minimum absolute atomic E-state index is 0.0552. The summed E-state index contributed by atoms with van der Waals surface area (Å²) in [5.41, 5.74) is 4.48. The lowest BCUT2D eigenvalue weighted by Gasteiger charge is -2.21. The molecular weight excluding hydrogens is 312 g/mol. The smallest absolute Gasteiger partial charge is 0.274 e. The molecule has 1 atom stereocenters. The van der Waals surface area contributed by atoms with E-state index in [-0.39, 0.29) is 17.1 Å². The molecule has 0 aromatic heterocycles. The van der Waals surface area contributed by atoms with Crippen LogP contribution < -0.4 is 10.8 Å². The van der Waals surface area contributed by atoms with Crippen LogP contribution in [0.5, 0.6) is 0 Å². The summed E-state index contributed by atoms with van der Waals surface area (Å²) in [6, 6.07) is 14.8. The Morgan fingerprint density at radius 2 is 2.04 bits per heavy atom. The Morgan fingerprint density at radius 1 is 1.26 bits per heavy atom. The summed E-state index contributed by atoms with van der Waals surface area (Å²) < 4.78 is 0. The molecule has 2 aromatic rings. The number of benzene rings is 2. The lowest BCUT2D eigenvalue weighted by atomic mass is 10.2. The van der Waals surface area contributed by atoms with Crippen molar-refractivity contribution >= 4 is 29.3 Å². The third-order valence-corrected chi connectivity index (χ3v) is 4.60. The van der Waals surface area contributed by atoms with E-state index in [1.54, 1.807) is 12.1 Å². The fourth-order valence-corrected chi connectivity index (χ4v) is 3.10. The molecule has 2 aromatic carbocycles. The Balaban J connectivity index is 1.62. The highest BCUT2D eigenvalue weighted by atomic mass is 32.2. The molecule has 0 radical (unpaired) electrons. The first kappa shape index (κ1) is 15.6. The molecule has 6 heteroatoms. The molecule has 0 aliphatic carbocycles. The van der Waals surface area contributed by atoms with Crippen LogP contribution in [-0.2, 0) is 16.2 Å². The Morgan fingerprint density at radius 3 is 2.83 bits per heavy atom. The molecule has 0 saturated carbocycles. The van der Waals surface area contributed by atoms with Crippen molar-refractivity contribution in [2.75, 3.05) is 5.32 Å². The van der Waals surface area contributed by atoms with Crippen molar-refractivity contribution in [3.63, 3.8) is 0 Å². The molecule has 5 nitrogen and oxygen atoms in total. The van der Waals surface area contributed by atoms with E-state index in [0.717, 1.165) is 10.5 Å². The number of hydrogen-bond donors (Lipinski definition) is 2. The van der Waals surface area contributed by atoms with E-state index in [2.05, 4.69) is 10.8 Å². The summed E-state index contributed by atoms with van der Waals surface area (Å²) in [7, 11) is 0. The second-order valence-corrected chi connectivity index (χ2v) is 6.55. The van der Waals surface area contributed by atoms with Gasteiger partial charge in [-0.3, -0.25) is 14.4 Å². The maximum Gasteiger partial charge on any atom is 0.274 e. The highest BCUT2D eigenvalue weighted by Crippen LogP contribution is 2.35. The van der Waals surface area contributed by atoms with Crippen molar-refractivity contribution < 1.29 is 14.4 Å². The average molecular weight is 328 g/mol. The highest BCUT2D eigenvalue weighted by Gasteiger charge is 2.23. The summed E-state index contributed by atoms with van der Waals surface area (Å²) in [5.74, 6) is -0.401. The number of fused-ring (bicyclic) bond motifs is 1. The van der Waals surface area contributed by atoms with Gasteiger partial charge in [-0.1, -0.05) is 30.3 Å². The summed E-state index contributed by atoms with van der Waals surface area (Å²) in [5, 5.41) is 2.68. The van der Waals surface area contributed by atoms with Crippen molar-refractivity contribution in [3.8, 4) is 0 Å². The molecule has 0 unspecified atom stereocenters. The van der Waals surface area contributed by atoms with Gasteiger partial charge in [0.2, 0.25) is 5.91 Å². The van der Waals surface area contributed by atoms with Crippen LogP contribution in [0, 0.1) is 0 Å². The lowest BCUT2D eigenvalue weighted by Crippen LogP contribution is -2.27.